The first-order chi connectivity index (χ1) is 7.80. The number of hydrogen-bond acceptors (Lipinski definition) is 3. The smallest absolute Gasteiger partial charge is 0.339 e. The van der Waals surface area contributed by atoms with Crippen molar-refractivity contribution in [2.24, 2.45) is 0 Å². The molecule has 2 rings (SSSR count). The number of aromatic carboxylic acids is 1. The predicted octanol–water partition coefficient (Wildman–Crippen LogP) is 2.16. The van der Waals surface area contributed by atoms with Crippen molar-refractivity contribution in [1.82, 2.24) is 0 Å². The maximum Gasteiger partial charge on any atom is 0.339 e. The van der Waals surface area contributed by atoms with Gasteiger partial charge in [-0.3, -0.25) is 0 Å². The quantitative estimate of drug-likeness (QED) is 0.853. The minimum absolute atomic E-state index is 0.247. The summed E-state index contributed by atoms with van der Waals surface area (Å²) >= 11 is 0. The molecule has 4 nitrogen and oxygen atoms in total. The molecule has 0 radical (unpaired) electrons. The van der Waals surface area contributed by atoms with Crippen molar-refractivity contribution >= 4 is 11.7 Å². The number of fused-ring (bicyclic) bond motifs is 1. The summed E-state index contributed by atoms with van der Waals surface area (Å²) in [5.41, 5.74) is 1.79. The number of nitrogens with zero attached hydrogens (tertiary/aromatic N) is 1. The molecule has 0 aromatic heterocycles. The number of benzene rings is 1. The van der Waals surface area contributed by atoms with E-state index in [1.165, 1.54) is 0 Å². The van der Waals surface area contributed by atoms with Gasteiger partial charge >= 0.3 is 5.97 Å². The van der Waals surface area contributed by atoms with Crippen LogP contribution in [0.5, 0.6) is 5.75 Å². The molecule has 0 saturated carbocycles. The van der Waals surface area contributed by atoms with Crippen LogP contribution < -0.4 is 9.64 Å². The van der Waals surface area contributed by atoms with Crippen LogP contribution in [0.4, 0.5) is 5.69 Å². The van der Waals surface area contributed by atoms with E-state index in [0.29, 0.717) is 5.75 Å². The van der Waals surface area contributed by atoms with Gasteiger partial charge in [-0.1, -0.05) is 0 Å². The van der Waals surface area contributed by atoms with Gasteiger partial charge in [0.05, 0.1) is 0 Å². The van der Waals surface area contributed by atoms with E-state index in [1.54, 1.807) is 6.07 Å². The van der Waals surface area contributed by atoms with Crippen LogP contribution in [-0.2, 0) is 6.42 Å². The van der Waals surface area contributed by atoms with Crippen molar-refractivity contribution in [2.75, 3.05) is 19.0 Å². The standard InChI is InChI=1S/C13H17NO3/c1-13(2)7-8-5-9(14(3)4)6-10(12(15)16)11(8)17-13/h5-6H,7H2,1-4H3,(H,15,16). The van der Waals surface area contributed by atoms with Crippen LogP contribution >= 0.6 is 0 Å². The Labute approximate surface area is 101 Å². The Bertz CT molecular complexity index is 478. The number of rotatable bonds is 2. The van der Waals surface area contributed by atoms with Crippen LogP contribution in [0.3, 0.4) is 0 Å². The van der Waals surface area contributed by atoms with Crippen molar-refractivity contribution < 1.29 is 14.6 Å². The minimum Gasteiger partial charge on any atom is -0.486 e. The topological polar surface area (TPSA) is 49.8 Å². The first-order valence-corrected chi connectivity index (χ1v) is 5.57. The van der Waals surface area contributed by atoms with Crippen LogP contribution in [0.25, 0.3) is 0 Å². The summed E-state index contributed by atoms with van der Waals surface area (Å²) in [6.07, 6.45) is 0.740. The van der Waals surface area contributed by atoms with Gasteiger partial charge in [-0.25, -0.2) is 4.79 Å². The molecule has 1 heterocycles. The summed E-state index contributed by atoms with van der Waals surface area (Å²) < 4.78 is 5.72. The molecule has 4 heteroatoms. The third-order valence-electron chi connectivity index (χ3n) is 2.89. The van der Waals surface area contributed by atoms with Gasteiger partial charge in [0.15, 0.2) is 0 Å². The summed E-state index contributed by atoms with van der Waals surface area (Å²) in [6.45, 7) is 3.93. The summed E-state index contributed by atoms with van der Waals surface area (Å²) in [5.74, 6) is -0.421. The Kier molecular flexibility index (Phi) is 2.53. The van der Waals surface area contributed by atoms with Crippen molar-refractivity contribution in [1.29, 1.82) is 0 Å². The second kappa shape index (κ2) is 3.65. The van der Waals surface area contributed by atoms with Crippen LogP contribution in [0.15, 0.2) is 12.1 Å². The van der Waals surface area contributed by atoms with Crippen LogP contribution in [0.2, 0.25) is 0 Å². The van der Waals surface area contributed by atoms with Crippen LogP contribution in [0.1, 0.15) is 29.8 Å². The molecule has 0 aliphatic carbocycles. The van der Waals surface area contributed by atoms with Crippen molar-refractivity contribution in [3.05, 3.63) is 23.3 Å². The first-order valence-electron chi connectivity index (χ1n) is 5.57. The fourth-order valence-corrected chi connectivity index (χ4v) is 2.11. The van der Waals surface area contributed by atoms with E-state index in [4.69, 9.17) is 4.74 Å². The van der Waals surface area contributed by atoms with Crippen molar-refractivity contribution in [3.63, 3.8) is 0 Å². The molecule has 0 bridgehead atoms. The molecule has 0 amide bonds. The molecule has 1 aliphatic rings. The third-order valence-corrected chi connectivity index (χ3v) is 2.89. The van der Waals surface area contributed by atoms with E-state index in [-0.39, 0.29) is 11.2 Å². The molecule has 0 unspecified atom stereocenters. The Hall–Kier alpha value is -1.71. The number of ether oxygens (including phenoxy) is 1. The van der Waals surface area contributed by atoms with Gasteiger partial charge < -0.3 is 14.7 Å². The minimum atomic E-state index is -0.942. The normalized spacial score (nSPS) is 16.2. The van der Waals surface area contributed by atoms with E-state index in [1.807, 2.05) is 38.9 Å². The maximum absolute atomic E-state index is 11.2. The number of carbonyl (C=O) groups is 1. The van der Waals surface area contributed by atoms with E-state index >= 15 is 0 Å². The van der Waals surface area contributed by atoms with Crippen molar-refractivity contribution in [3.8, 4) is 5.75 Å². The largest absolute Gasteiger partial charge is 0.486 e. The lowest BCUT2D eigenvalue weighted by molar-refractivity contribution is 0.0685. The molecule has 17 heavy (non-hydrogen) atoms. The highest BCUT2D eigenvalue weighted by atomic mass is 16.5. The molecule has 0 saturated heterocycles. The highest BCUT2D eigenvalue weighted by Crippen LogP contribution is 2.40. The number of anilines is 1. The lowest BCUT2D eigenvalue weighted by Gasteiger charge is -2.18. The zero-order chi connectivity index (χ0) is 12.8. The number of hydrogen-bond donors (Lipinski definition) is 1. The molecule has 1 aromatic carbocycles. The van der Waals surface area contributed by atoms with Gasteiger partial charge in [-0.05, 0) is 26.0 Å². The molecule has 0 fully saturated rings. The second-order valence-electron chi connectivity index (χ2n) is 5.22. The zero-order valence-corrected chi connectivity index (χ0v) is 10.6. The Morgan fingerprint density at radius 1 is 1.41 bits per heavy atom. The Balaban J connectivity index is 2.58. The fraction of sp³-hybridized carbons (Fsp3) is 0.462. The highest BCUT2D eigenvalue weighted by Gasteiger charge is 2.34. The summed E-state index contributed by atoms with van der Waals surface area (Å²) in [7, 11) is 3.79. The SMILES string of the molecule is CN(C)c1cc2c(c(C(=O)O)c1)OC(C)(C)C2. The van der Waals surface area contributed by atoms with Gasteiger partial charge in [0, 0.05) is 31.8 Å². The molecule has 0 spiro atoms. The molecule has 1 aromatic rings. The van der Waals surface area contributed by atoms with E-state index < -0.39 is 5.97 Å². The lowest BCUT2D eigenvalue weighted by atomic mass is 9.99. The van der Waals surface area contributed by atoms with Gasteiger partial charge in [0.1, 0.15) is 16.9 Å². The summed E-state index contributed by atoms with van der Waals surface area (Å²) in [4.78, 5) is 13.1. The Morgan fingerprint density at radius 2 is 2.06 bits per heavy atom. The average molecular weight is 235 g/mol. The predicted molar refractivity (Wildman–Crippen MR) is 66.1 cm³/mol. The first kappa shape index (κ1) is 11.8. The molecular weight excluding hydrogens is 218 g/mol. The molecule has 92 valence electrons. The van der Waals surface area contributed by atoms with Crippen molar-refractivity contribution in [2.45, 2.75) is 25.9 Å². The average Bonchev–Trinajstić information content (AvgIpc) is 2.49. The molecule has 0 atom stereocenters. The van der Waals surface area contributed by atoms with Crippen LogP contribution in [0, 0.1) is 0 Å². The number of carboxylic acid groups (broad SMARTS) is 1. The van der Waals surface area contributed by atoms with Gasteiger partial charge in [-0.15, -0.1) is 0 Å². The lowest BCUT2D eigenvalue weighted by Crippen LogP contribution is -2.25. The summed E-state index contributed by atoms with van der Waals surface area (Å²) in [5, 5.41) is 9.23. The third kappa shape index (κ3) is 2.07. The second-order valence-corrected chi connectivity index (χ2v) is 5.22. The zero-order valence-electron chi connectivity index (χ0n) is 10.6. The van der Waals surface area contributed by atoms with E-state index in [0.717, 1.165) is 17.7 Å². The number of carboxylic acids is 1. The van der Waals surface area contributed by atoms with E-state index in [9.17, 15) is 9.90 Å². The Morgan fingerprint density at radius 3 is 2.59 bits per heavy atom. The van der Waals surface area contributed by atoms with Gasteiger partial charge in [0.25, 0.3) is 0 Å². The van der Waals surface area contributed by atoms with E-state index in [2.05, 4.69) is 0 Å². The van der Waals surface area contributed by atoms with Gasteiger partial charge in [0.2, 0.25) is 0 Å². The monoisotopic (exact) mass is 235 g/mol. The molecule has 1 N–H and O–H groups in total. The fourth-order valence-electron chi connectivity index (χ4n) is 2.11. The van der Waals surface area contributed by atoms with Crippen LogP contribution in [-0.4, -0.2) is 30.8 Å². The maximum atomic E-state index is 11.2. The summed E-state index contributed by atoms with van der Waals surface area (Å²) in [6, 6.07) is 3.65. The van der Waals surface area contributed by atoms with Gasteiger partial charge in [-0.2, -0.15) is 0 Å². The highest BCUT2D eigenvalue weighted by molar-refractivity contribution is 5.93. The molecular formula is C13H17NO3. The molecule has 1 aliphatic heterocycles.